The topological polar surface area (TPSA) is 81.9 Å². The number of nitrogens with one attached hydrogen (secondary N) is 1. The third-order valence-corrected chi connectivity index (χ3v) is 4.02. The zero-order chi connectivity index (χ0) is 16.1. The Bertz CT molecular complexity index is 717. The number of hydrogen-bond donors (Lipinski definition) is 1. The molecule has 1 aliphatic rings. The van der Waals surface area contributed by atoms with Crippen LogP contribution in [0.15, 0.2) is 43.0 Å². The molecule has 6 heteroatoms. The smallest absolute Gasteiger partial charge is 0.253 e. The van der Waals surface area contributed by atoms with Crippen LogP contribution in [0.3, 0.4) is 0 Å². The summed E-state index contributed by atoms with van der Waals surface area (Å²) in [4.78, 5) is 22.4. The second kappa shape index (κ2) is 6.88. The number of aromatic nitrogens is 2. The minimum atomic E-state index is -0.0874. The number of rotatable bonds is 3. The maximum absolute atomic E-state index is 12.1. The van der Waals surface area contributed by atoms with Gasteiger partial charge in [-0.1, -0.05) is 0 Å². The van der Waals surface area contributed by atoms with Gasteiger partial charge in [-0.3, -0.25) is 14.8 Å². The van der Waals surface area contributed by atoms with Crippen molar-refractivity contribution in [2.45, 2.75) is 18.9 Å². The summed E-state index contributed by atoms with van der Waals surface area (Å²) < 4.78 is 0. The first-order chi connectivity index (χ1) is 11.3. The molecule has 0 bridgehead atoms. The van der Waals surface area contributed by atoms with Crippen LogP contribution >= 0.6 is 0 Å². The highest BCUT2D eigenvalue weighted by Crippen LogP contribution is 2.22. The molecule has 6 nitrogen and oxygen atoms in total. The summed E-state index contributed by atoms with van der Waals surface area (Å²) >= 11 is 0. The molecular weight excluding hydrogens is 290 g/mol. The van der Waals surface area contributed by atoms with Gasteiger partial charge < -0.3 is 10.2 Å². The second-order valence-corrected chi connectivity index (χ2v) is 5.48. The minimum Gasteiger partial charge on any atom is -0.369 e. The van der Waals surface area contributed by atoms with Gasteiger partial charge in [0, 0.05) is 37.7 Å². The van der Waals surface area contributed by atoms with Crippen molar-refractivity contribution in [3.63, 3.8) is 0 Å². The average Bonchev–Trinajstić information content (AvgIpc) is 2.63. The van der Waals surface area contributed by atoms with Crippen LogP contribution in [0.1, 0.15) is 28.8 Å². The van der Waals surface area contributed by atoms with Gasteiger partial charge in [-0.05, 0) is 31.0 Å². The highest BCUT2D eigenvalue weighted by molar-refractivity contribution is 5.94. The fraction of sp³-hybridized carbons (Fsp3) is 0.294. The van der Waals surface area contributed by atoms with Crippen LogP contribution in [0.5, 0.6) is 0 Å². The molecule has 3 rings (SSSR count). The SMILES string of the molecule is N#Cc1ccncc1N1CCC(NC(=O)c2cccnc2)CC1. The molecule has 0 saturated carbocycles. The molecule has 1 aliphatic heterocycles. The summed E-state index contributed by atoms with van der Waals surface area (Å²) in [5.41, 5.74) is 2.08. The van der Waals surface area contributed by atoms with Crippen molar-refractivity contribution in [1.82, 2.24) is 15.3 Å². The summed E-state index contributed by atoms with van der Waals surface area (Å²) in [6, 6.07) is 7.58. The molecule has 116 valence electrons. The molecule has 0 aromatic carbocycles. The van der Waals surface area contributed by atoms with E-state index in [1.54, 1.807) is 43.0 Å². The molecule has 1 saturated heterocycles. The van der Waals surface area contributed by atoms with E-state index in [9.17, 15) is 10.1 Å². The van der Waals surface area contributed by atoms with Gasteiger partial charge in [0.25, 0.3) is 5.91 Å². The van der Waals surface area contributed by atoms with E-state index < -0.39 is 0 Å². The molecule has 23 heavy (non-hydrogen) atoms. The lowest BCUT2D eigenvalue weighted by atomic mass is 10.0. The normalized spacial score (nSPS) is 15.0. The van der Waals surface area contributed by atoms with E-state index in [-0.39, 0.29) is 11.9 Å². The van der Waals surface area contributed by atoms with E-state index >= 15 is 0 Å². The van der Waals surface area contributed by atoms with Gasteiger partial charge in [0.1, 0.15) is 6.07 Å². The Morgan fingerprint density at radius 1 is 1.22 bits per heavy atom. The largest absolute Gasteiger partial charge is 0.369 e. The van der Waals surface area contributed by atoms with Crippen LogP contribution in [-0.4, -0.2) is 35.0 Å². The zero-order valence-electron chi connectivity index (χ0n) is 12.6. The predicted molar refractivity (Wildman–Crippen MR) is 85.9 cm³/mol. The summed E-state index contributed by atoms with van der Waals surface area (Å²) in [5.74, 6) is -0.0874. The van der Waals surface area contributed by atoms with Gasteiger partial charge in [0.2, 0.25) is 0 Å². The van der Waals surface area contributed by atoms with Crippen molar-refractivity contribution >= 4 is 11.6 Å². The standard InChI is InChI=1S/C17H17N5O/c18-10-13-3-7-20-12-16(13)22-8-4-15(5-9-22)21-17(23)14-2-1-6-19-11-14/h1-3,6-7,11-12,15H,4-5,8-9H2,(H,21,23). The number of piperidine rings is 1. The van der Waals surface area contributed by atoms with Crippen molar-refractivity contribution < 1.29 is 4.79 Å². The fourth-order valence-corrected chi connectivity index (χ4v) is 2.76. The molecule has 0 unspecified atom stereocenters. The average molecular weight is 307 g/mol. The van der Waals surface area contributed by atoms with Gasteiger partial charge in [-0.2, -0.15) is 5.26 Å². The molecular formula is C17H17N5O. The molecule has 0 aliphatic carbocycles. The third kappa shape index (κ3) is 3.46. The Kier molecular flexibility index (Phi) is 4.48. The monoisotopic (exact) mass is 307 g/mol. The molecule has 2 aromatic rings. The summed E-state index contributed by atoms with van der Waals surface area (Å²) in [6.45, 7) is 1.58. The molecule has 1 fully saturated rings. The number of nitrogens with zero attached hydrogens (tertiary/aromatic N) is 4. The number of carbonyl (C=O) groups excluding carboxylic acids is 1. The minimum absolute atomic E-state index is 0.0874. The number of carbonyl (C=O) groups is 1. The first-order valence-electron chi connectivity index (χ1n) is 7.58. The molecule has 0 atom stereocenters. The quantitative estimate of drug-likeness (QED) is 0.934. The highest BCUT2D eigenvalue weighted by Gasteiger charge is 2.22. The van der Waals surface area contributed by atoms with E-state index in [4.69, 9.17) is 0 Å². The maximum Gasteiger partial charge on any atom is 0.253 e. The van der Waals surface area contributed by atoms with Crippen molar-refractivity contribution in [3.05, 3.63) is 54.1 Å². The third-order valence-electron chi connectivity index (χ3n) is 4.02. The number of anilines is 1. The van der Waals surface area contributed by atoms with Gasteiger partial charge >= 0.3 is 0 Å². The molecule has 1 N–H and O–H groups in total. The molecule has 2 aromatic heterocycles. The zero-order valence-corrected chi connectivity index (χ0v) is 12.6. The van der Waals surface area contributed by atoms with Crippen LogP contribution in [-0.2, 0) is 0 Å². The van der Waals surface area contributed by atoms with Gasteiger partial charge in [0.15, 0.2) is 0 Å². The van der Waals surface area contributed by atoms with Gasteiger partial charge in [-0.15, -0.1) is 0 Å². The van der Waals surface area contributed by atoms with Crippen molar-refractivity contribution in [1.29, 1.82) is 5.26 Å². The van der Waals surface area contributed by atoms with Crippen molar-refractivity contribution in [2.24, 2.45) is 0 Å². The first-order valence-corrected chi connectivity index (χ1v) is 7.58. The first kappa shape index (κ1) is 15.0. The van der Waals surface area contributed by atoms with E-state index in [0.29, 0.717) is 11.1 Å². The molecule has 1 amide bonds. The summed E-state index contributed by atoms with van der Waals surface area (Å²) in [5, 5.41) is 12.2. The Balaban J connectivity index is 1.59. The number of amides is 1. The Labute approximate surface area is 134 Å². The second-order valence-electron chi connectivity index (χ2n) is 5.48. The van der Waals surface area contributed by atoms with Crippen molar-refractivity contribution in [3.8, 4) is 6.07 Å². The maximum atomic E-state index is 12.1. The lowest BCUT2D eigenvalue weighted by molar-refractivity contribution is 0.0930. The molecule has 3 heterocycles. The van der Waals surface area contributed by atoms with E-state index in [1.165, 1.54) is 0 Å². The van der Waals surface area contributed by atoms with Gasteiger partial charge in [0.05, 0.1) is 23.0 Å². The van der Waals surface area contributed by atoms with Crippen LogP contribution in [0.4, 0.5) is 5.69 Å². The van der Waals surface area contributed by atoms with Gasteiger partial charge in [-0.25, -0.2) is 0 Å². The number of hydrogen-bond acceptors (Lipinski definition) is 5. The van der Waals surface area contributed by atoms with Crippen LogP contribution in [0.2, 0.25) is 0 Å². The number of pyridine rings is 2. The Hall–Kier alpha value is -2.94. The summed E-state index contributed by atoms with van der Waals surface area (Å²) in [6.07, 6.45) is 8.25. The van der Waals surface area contributed by atoms with Crippen LogP contribution in [0.25, 0.3) is 0 Å². The van der Waals surface area contributed by atoms with Crippen LogP contribution in [0, 0.1) is 11.3 Å². The van der Waals surface area contributed by atoms with E-state index in [0.717, 1.165) is 31.6 Å². The lowest BCUT2D eigenvalue weighted by Gasteiger charge is -2.34. The molecule has 0 radical (unpaired) electrons. The van der Waals surface area contributed by atoms with E-state index in [1.807, 2.05) is 0 Å². The predicted octanol–water partition coefficient (Wildman–Crippen LogP) is 1.75. The van der Waals surface area contributed by atoms with Crippen LogP contribution < -0.4 is 10.2 Å². The number of nitriles is 1. The fourth-order valence-electron chi connectivity index (χ4n) is 2.76. The van der Waals surface area contributed by atoms with E-state index in [2.05, 4.69) is 26.3 Å². The summed E-state index contributed by atoms with van der Waals surface area (Å²) in [7, 11) is 0. The Morgan fingerprint density at radius 2 is 2.00 bits per heavy atom. The highest BCUT2D eigenvalue weighted by atomic mass is 16.1. The molecule has 0 spiro atoms. The Morgan fingerprint density at radius 3 is 2.70 bits per heavy atom. The lowest BCUT2D eigenvalue weighted by Crippen LogP contribution is -2.45. The van der Waals surface area contributed by atoms with Crippen molar-refractivity contribution in [2.75, 3.05) is 18.0 Å².